The summed E-state index contributed by atoms with van der Waals surface area (Å²) < 4.78 is 55.2. The second-order valence-electron chi connectivity index (χ2n) is 17.5. The lowest BCUT2D eigenvalue weighted by atomic mass is 10.1. The summed E-state index contributed by atoms with van der Waals surface area (Å²) in [6.07, 6.45) is 0. The average molecular weight is 1030 g/mol. The van der Waals surface area contributed by atoms with Gasteiger partial charge in [-0.15, -0.1) is 0 Å². The number of hydrogen-bond donors (Lipinski definition) is 3. The van der Waals surface area contributed by atoms with Crippen LogP contribution >= 0.6 is 22.1 Å². The SMILES string of the molecule is COc1ccc(C#Cc2cc(CN3CCN(Cc4cc(C#Cc5ccc(OC)cc5)cc(P(C)(=O)O)n4)CCN(Cc4cc(C#Cc5ccc(OC)cc5)cc(P(C)(=O)O)n4)CC3)nc(P(C)(=O)O)c2)cc1. The van der Waals surface area contributed by atoms with Gasteiger partial charge in [0.05, 0.1) is 38.4 Å². The highest BCUT2D eigenvalue weighted by molar-refractivity contribution is 7.65. The van der Waals surface area contributed by atoms with Crippen molar-refractivity contribution in [1.29, 1.82) is 0 Å². The van der Waals surface area contributed by atoms with E-state index < -0.39 is 22.1 Å². The number of nitrogens with zero attached hydrogens (tertiary/aromatic N) is 6. The molecule has 3 aromatic carbocycles. The first-order valence-electron chi connectivity index (χ1n) is 22.9. The van der Waals surface area contributed by atoms with Crippen LogP contribution in [0.2, 0.25) is 0 Å². The van der Waals surface area contributed by atoms with Crippen LogP contribution in [-0.4, -0.2) is 125 Å². The van der Waals surface area contributed by atoms with Crippen LogP contribution in [0.3, 0.4) is 0 Å². The van der Waals surface area contributed by atoms with E-state index in [0.29, 0.717) is 110 Å². The van der Waals surface area contributed by atoms with Crippen molar-refractivity contribution in [2.75, 3.05) is 80.6 Å². The Balaban J connectivity index is 1.21. The molecule has 3 unspecified atom stereocenters. The van der Waals surface area contributed by atoms with Crippen LogP contribution in [0.1, 0.15) is 50.5 Å². The van der Waals surface area contributed by atoms with Crippen LogP contribution in [0.25, 0.3) is 0 Å². The van der Waals surface area contributed by atoms with E-state index in [1.54, 1.807) is 39.5 Å². The summed E-state index contributed by atoms with van der Waals surface area (Å²) in [6, 6.07) is 32.1. The minimum Gasteiger partial charge on any atom is -0.497 e. The van der Waals surface area contributed by atoms with E-state index in [1.165, 1.54) is 20.0 Å². The second kappa shape index (κ2) is 23.9. The molecular weight excluding hydrogens is 970 g/mol. The molecule has 15 nitrogen and oxygen atoms in total. The summed E-state index contributed by atoms with van der Waals surface area (Å²) in [5, 5.41) is 0. The average Bonchev–Trinajstić information content (AvgIpc) is 3.44. The Morgan fingerprint density at radius 3 is 0.833 bits per heavy atom. The zero-order valence-electron chi connectivity index (χ0n) is 41.1. The Hall–Kier alpha value is -6.36. The highest BCUT2D eigenvalue weighted by Gasteiger charge is 2.24. The molecule has 0 saturated carbocycles. The molecule has 0 radical (unpaired) electrons. The number of methoxy groups -OCH3 is 3. The fourth-order valence-electron chi connectivity index (χ4n) is 7.61. The first-order valence-corrected chi connectivity index (χ1v) is 29.2. The third kappa shape index (κ3) is 15.8. The molecule has 18 heteroatoms. The van der Waals surface area contributed by atoms with Gasteiger partial charge in [0, 0.05) is 112 Å². The second-order valence-corrected chi connectivity index (χ2v) is 24.2. The maximum absolute atomic E-state index is 13.1. The Morgan fingerprint density at radius 2 is 0.625 bits per heavy atom. The van der Waals surface area contributed by atoms with Gasteiger partial charge in [0.2, 0.25) is 22.1 Å². The fourth-order valence-corrected chi connectivity index (χ4v) is 9.69. The minimum atomic E-state index is -3.79. The molecule has 3 aromatic heterocycles. The van der Waals surface area contributed by atoms with E-state index in [2.05, 4.69) is 65.2 Å². The van der Waals surface area contributed by atoms with Gasteiger partial charge >= 0.3 is 0 Å². The lowest BCUT2D eigenvalue weighted by Crippen LogP contribution is -2.36. The maximum atomic E-state index is 13.1. The molecule has 6 aromatic rings. The zero-order valence-corrected chi connectivity index (χ0v) is 43.8. The lowest BCUT2D eigenvalue weighted by Gasteiger charge is -2.26. The van der Waals surface area contributed by atoms with Gasteiger partial charge in [-0.1, -0.05) is 35.5 Å². The van der Waals surface area contributed by atoms with Crippen LogP contribution in [0.4, 0.5) is 0 Å². The Labute approximate surface area is 421 Å². The first kappa shape index (κ1) is 53.4. The largest absolute Gasteiger partial charge is 0.497 e. The van der Waals surface area contributed by atoms with Crippen molar-refractivity contribution in [3.8, 4) is 52.8 Å². The molecule has 1 fully saturated rings. The quantitative estimate of drug-likeness (QED) is 0.103. The number of benzene rings is 3. The van der Waals surface area contributed by atoms with Crippen molar-refractivity contribution in [3.05, 3.63) is 160 Å². The van der Waals surface area contributed by atoms with Crippen molar-refractivity contribution in [2.24, 2.45) is 0 Å². The van der Waals surface area contributed by atoms with E-state index >= 15 is 0 Å². The van der Waals surface area contributed by atoms with Crippen molar-refractivity contribution < 1.29 is 42.6 Å². The van der Waals surface area contributed by atoms with Gasteiger partial charge in [-0.2, -0.15) is 0 Å². The summed E-state index contributed by atoms with van der Waals surface area (Å²) in [6.45, 7) is 8.03. The predicted octanol–water partition coefficient (Wildman–Crippen LogP) is 5.49. The highest BCUT2D eigenvalue weighted by Crippen LogP contribution is 2.35. The summed E-state index contributed by atoms with van der Waals surface area (Å²) in [5.41, 5.74) is 5.69. The molecule has 72 heavy (non-hydrogen) atoms. The molecule has 0 bridgehead atoms. The number of ether oxygens (including phenoxy) is 3. The minimum absolute atomic E-state index is 0.0504. The van der Waals surface area contributed by atoms with Gasteiger partial charge in [-0.3, -0.25) is 28.4 Å². The van der Waals surface area contributed by atoms with Crippen molar-refractivity contribution in [3.63, 3.8) is 0 Å². The molecular formula is C54H57N6O9P3. The zero-order chi connectivity index (χ0) is 51.5. The molecule has 372 valence electrons. The fraction of sp³-hybridized carbons (Fsp3) is 0.278. The molecule has 3 N–H and O–H groups in total. The lowest BCUT2D eigenvalue weighted by molar-refractivity contribution is 0.207. The van der Waals surface area contributed by atoms with E-state index in [-0.39, 0.29) is 16.3 Å². The van der Waals surface area contributed by atoms with E-state index in [4.69, 9.17) is 14.2 Å². The van der Waals surface area contributed by atoms with Crippen LogP contribution in [0.5, 0.6) is 17.2 Å². The van der Waals surface area contributed by atoms with E-state index in [0.717, 1.165) is 16.7 Å². The third-order valence-corrected chi connectivity index (χ3v) is 14.8. The molecule has 0 amide bonds. The predicted molar refractivity (Wildman–Crippen MR) is 282 cm³/mol. The summed E-state index contributed by atoms with van der Waals surface area (Å²) in [4.78, 5) is 53.0. The van der Waals surface area contributed by atoms with E-state index in [1.807, 2.05) is 91.0 Å². The molecule has 3 atom stereocenters. The number of hydrogen-bond acceptors (Lipinski definition) is 12. The van der Waals surface area contributed by atoms with Gasteiger partial charge < -0.3 is 28.9 Å². The molecule has 1 saturated heterocycles. The van der Waals surface area contributed by atoms with Gasteiger partial charge in [0.1, 0.15) is 33.6 Å². The van der Waals surface area contributed by atoms with Crippen LogP contribution < -0.4 is 30.5 Å². The topological polar surface area (TPSA) is 188 Å². The summed E-state index contributed by atoms with van der Waals surface area (Å²) in [5.74, 6) is 21.0. The number of pyridine rings is 3. The maximum Gasteiger partial charge on any atom is 0.244 e. The van der Waals surface area contributed by atoms with Gasteiger partial charge in [-0.25, -0.2) is 15.0 Å². The third-order valence-electron chi connectivity index (χ3n) is 11.5. The standard InChI is InChI=1S/C54H57N6O9P3/c1-67-49-19-13-40(14-20-49)7-10-43-31-46(55-52(34-43)70(4,61)62)37-58-25-27-59(38-47-32-44(35-53(56-47)71(5,63)64)11-8-41-15-21-50(68-2)22-16-41)29-30-60(28-26-58)39-48-33-45(36-54(57-48)72(6,65)66)12-9-42-17-23-51(69-3)24-18-42/h13-24,31-36H,25-30,37-39H2,1-6H3,(H,61,62)(H,63,64)(H,65,66). The normalized spacial score (nSPS) is 16.0. The first-order chi connectivity index (χ1) is 34.3. The van der Waals surface area contributed by atoms with Crippen molar-refractivity contribution >= 4 is 38.4 Å². The van der Waals surface area contributed by atoms with Gasteiger partial charge in [0.15, 0.2) is 0 Å². The monoisotopic (exact) mass is 1030 g/mol. The van der Waals surface area contributed by atoms with Crippen LogP contribution in [0, 0.1) is 35.5 Å². The smallest absolute Gasteiger partial charge is 0.244 e. The molecule has 1 aliphatic heterocycles. The number of aromatic nitrogens is 3. The van der Waals surface area contributed by atoms with Crippen LogP contribution in [0.15, 0.2) is 109 Å². The van der Waals surface area contributed by atoms with E-state index in [9.17, 15) is 28.4 Å². The Kier molecular flexibility index (Phi) is 17.7. The highest BCUT2D eigenvalue weighted by atomic mass is 31.2. The molecule has 0 spiro atoms. The Bertz CT molecular complexity index is 2870. The summed E-state index contributed by atoms with van der Waals surface area (Å²) in [7, 11) is -6.60. The van der Waals surface area contributed by atoms with Crippen molar-refractivity contribution in [1.82, 2.24) is 29.7 Å². The molecule has 1 aliphatic rings. The van der Waals surface area contributed by atoms with Crippen molar-refractivity contribution in [2.45, 2.75) is 19.6 Å². The molecule has 4 heterocycles. The van der Waals surface area contributed by atoms with Gasteiger partial charge in [0.25, 0.3) is 0 Å². The number of rotatable bonds is 12. The van der Waals surface area contributed by atoms with Crippen LogP contribution in [-0.2, 0) is 33.3 Å². The Morgan fingerprint density at radius 1 is 0.403 bits per heavy atom. The molecule has 7 rings (SSSR count). The van der Waals surface area contributed by atoms with Gasteiger partial charge in [-0.05, 0) is 109 Å². The molecule has 0 aliphatic carbocycles. The summed E-state index contributed by atoms with van der Waals surface area (Å²) >= 11 is 0.